The van der Waals surface area contributed by atoms with Crippen LogP contribution in [0.25, 0.3) is 0 Å². The van der Waals surface area contributed by atoms with Gasteiger partial charge in [0.05, 0.1) is 5.69 Å². The highest BCUT2D eigenvalue weighted by atomic mass is 19.4. The van der Waals surface area contributed by atoms with Gasteiger partial charge in [0.2, 0.25) is 0 Å². The van der Waals surface area contributed by atoms with Crippen LogP contribution in [0.15, 0.2) is 24.3 Å². The second kappa shape index (κ2) is 6.62. The maximum absolute atomic E-state index is 12.3. The third-order valence-electron chi connectivity index (χ3n) is 3.74. The smallest absolute Gasteiger partial charge is 0.406 e. The Kier molecular flexibility index (Phi) is 4.99. The molecule has 0 saturated carbocycles. The molecule has 1 aromatic heterocycles. The van der Waals surface area contributed by atoms with Gasteiger partial charge in [0, 0.05) is 30.9 Å². The molecule has 1 aromatic carbocycles. The number of hydrogen-bond acceptors (Lipinski definition) is 3. The fraction of sp³-hybridized carbons (Fsp3) is 0.438. The van der Waals surface area contributed by atoms with E-state index in [9.17, 15) is 13.2 Å². The van der Waals surface area contributed by atoms with E-state index in [1.807, 2.05) is 32.5 Å². The van der Waals surface area contributed by atoms with Gasteiger partial charge >= 0.3 is 6.36 Å². The number of nitrogens with one attached hydrogen (secondary N) is 1. The molecule has 23 heavy (non-hydrogen) atoms. The molecule has 0 aliphatic rings. The lowest BCUT2D eigenvalue weighted by Gasteiger charge is -2.15. The monoisotopic (exact) mass is 327 g/mol. The van der Waals surface area contributed by atoms with Gasteiger partial charge in [-0.25, -0.2) is 0 Å². The quantitative estimate of drug-likeness (QED) is 0.908. The Bertz CT molecular complexity index is 680. The number of aromatic nitrogens is 2. The van der Waals surface area contributed by atoms with Crippen LogP contribution in [0.5, 0.6) is 5.75 Å². The minimum absolute atomic E-state index is 0.0379. The molecule has 126 valence electrons. The first kappa shape index (κ1) is 17.3. The molecule has 1 atom stereocenters. The summed E-state index contributed by atoms with van der Waals surface area (Å²) in [6.45, 7) is 6.38. The highest BCUT2D eigenvalue weighted by molar-refractivity contribution is 5.30. The van der Waals surface area contributed by atoms with E-state index in [2.05, 4.69) is 15.2 Å². The van der Waals surface area contributed by atoms with Gasteiger partial charge in [0.1, 0.15) is 5.75 Å². The average molecular weight is 327 g/mol. The molecule has 0 unspecified atom stereocenters. The largest absolute Gasteiger partial charge is 0.573 e. The van der Waals surface area contributed by atoms with E-state index in [1.165, 1.54) is 12.1 Å². The van der Waals surface area contributed by atoms with Crippen molar-refractivity contribution in [3.05, 3.63) is 46.8 Å². The molecule has 0 spiro atoms. The maximum atomic E-state index is 12.3. The lowest BCUT2D eigenvalue weighted by atomic mass is 10.1. The van der Waals surface area contributed by atoms with Gasteiger partial charge in [-0.1, -0.05) is 12.1 Å². The number of benzene rings is 1. The maximum Gasteiger partial charge on any atom is 0.573 e. The standard InChI is InChI=1S/C16H20F3N3O/c1-10(15-11(2)21-22(4)12(15)3)20-9-13-6-5-7-14(8-13)23-16(17,18)19/h5-8,10,20H,9H2,1-4H3/t10-/m1/s1. The van der Waals surface area contributed by atoms with Crippen LogP contribution < -0.4 is 10.1 Å². The first-order chi connectivity index (χ1) is 10.7. The first-order valence-electron chi connectivity index (χ1n) is 7.25. The molecule has 0 amide bonds. The number of ether oxygens (including phenoxy) is 1. The van der Waals surface area contributed by atoms with Crippen molar-refractivity contribution in [2.45, 2.75) is 39.7 Å². The summed E-state index contributed by atoms with van der Waals surface area (Å²) < 4.78 is 42.5. The molecule has 0 fully saturated rings. The highest BCUT2D eigenvalue weighted by Gasteiger charge is 2.31. The summed E-state index contributed by atoms with van der Waals surface area (Å²) in [7, 11) is 1.89. The molecule has 4 nitrogen and oxygen atoms in total. The van der Waals surface area contributed by atoms with E-state index in [0.29, 0.717) is 6.54 Å². The van der Waals surface area contributed by atoms with Crippen molar-refractivity contribution in [3.8, 4) is 5.75 Å². The van der Waals surface area contributed by atoms with E-state index >= 15 is 0 Å². The Morgan fingerprint density at radius 1 is 1.30 bits per heavy atom. The lowest BCUT2D eigenvalue weighted by Crippen LogP contribution is -2.20. The fourth-order valence-corrected chi connectivity index (χ4v) is 2.64. The van der Waals surface area contributed by atoms with Crippen LogP contribution in [0.2, 0.25) is 0 Å². The summed E-state index contributed by atoms with van der Waals surface area (Å²) in [6.07, 6.45) is -4.68. The molecule has 2 rings (SSSR count). The van der Waals surface area contributed by atoms with Gasteiger partial charge in [-0.15, -0.1) is 13.2 Å². The first-order valence-corrected chi connectivity index (χ1v) is 7.25. The molecule has 0 aliphatic heterocycles. The van der Waals surface area contributed by atoms with Crippen molar-refractivity contribution in [1.82, 2.24) is 15.1 Å². The van der Waals surface area contributed by atoms with Crippen LogP contribution in [0.3, 0.4) is 0 Å². The second-order valence-corrected chi connectivity index (χ2v) is 5.51. The van der Waals surface area contributed by atoms with E-state index in [0.717, 1.165) is 22.5 Å². The normalized spacial score (nSPS) is 13.2. The van der Waals surface area contributed by atoms with Crippen molar-refractivity contribution in [2.75, 3.05) is 0 Å². The van der Waals surface area contributed by atoms with E-state index in [4.69, 9.17) is 0 Å². The summed E-state index contributed by atoms with van der Waals surface area (Å²) in [5.41, 5.74) is 3.84. The molecule has 2 aromatic rings. The topological polar surface area (TPSA) is 39.1 Å². The van der Waals surface area contributed by atoms with E-state index < -0.39 is 6.36 Å². The van der Waals surface area contributed by atoms with Crippen molar-refractivity contribution < 1.29 is 17.9 Å². The average Bonchev–Trinajstić information content (AvgIpc) is 2.68. The van der Waals surface area contributed by atoms with Crippen LogP contribution in [0, 0.1) is 13.8 Å². The Morgan fingerprint density at radius 2 is 2.00 bits per heavy atom. The molecular weight excluding hydrogens is 307 g/mol. The Morgan fingerprint density at radius 3 is 2.57 bits per heavy atom. The minimum atomic E-state index is -4.68. The Labute approximate surface area is 133 Å². The van der Waals surface area contributed by atoms with Gasteiger partial charge in [0.25, 0.3) is 0 Å². The summed E-state index contributed by atoms with van der Waals surface area (Å²) in [5.74, 6) is -0.210. The second-order valence-electron chi connectivity index (χ2n) is 5.51. The predicted octanol–water partition coefficient (Wildman–Crippen LogP) is 3.79. The van der Waals surface area contributed by atoms with Crippen molar-refractivity contribution in [3.63, 3.8) is 0 Å². The third kappa shape index (κ3) is 4.48. The number of rotatable bonds is 5. The van der Waals surface area contributed by atoms with Gasteiger partial charge in [-0.05, 0) is 38.5 Å². The zero-order valence-corrected chi connectivity index (χ0v) is 13.5. The number of halogens is 3. The molecule has 0 bridgehead atoms. The molecule has 7 heteroatoms. The Balaban J connectivity index is 2.04. The van der Waals surface area contributed by atoms with Gasteiger partial charge in [-0.3, -0.25) is 4.68 Å². The lowest BCUT2D eigenvalue weighted by molar-refractivity contribution is -0.274. The van der Waals surface area contributed by atoms with Crippen LogP contribution in [-0.4, -0.2) is 16.1 Å². The van der Waals surface area contributed by atoms with Crippen LogP contribution in [0.1, 0.15) is 35.5 Å². The molecule has 0 radical (unpaired) electrons. The summed E-state index contributed by atoms with van der Waals surface area (Å²) in [5, 5.41) is 7.68. The van der Waals surface area contributed by atoms with E-state index in [1.54, 1.807) is 12.1 Å². The summed E-state index contributed by atoms with van der Waals surface area (Å²) >= 11 is 0. The number of hydrogen-bond donors (Lipinski definition) is 1. The van der Waals surface area contributed by atoms with Gasteiger partial charge < -0.3 is 10.1 Å². The molecule has 0 saturated heterocycles. The van der Waals surface area contributed by atoms with Gasteiger partial charge in [0.15, 0.2) is 0 Å². The number of aryl methyl sites for hydroxylation is 2. The third-order valence-corrected chi connectivity index (χ3v) is 3.74. The molecule has 1 N–H and O–H groups in total. The summed E-state index contributed by atoms with van der Waals surface area (Å²) in [6, 6.07) is 6.01. The Hall–Kier alpha value is -2.02. The minimum Gasteiger partial charge on any atom is -0.406 e. The van der Waals surface area contributed by atoms with Crippen LogP contribution >= 0.6 is 0 Å². The fourth-order valence-electron chi connectivity index (χ4n) is 2.64. The zero-order valence-electron chi connectivity index (χ0n) is 13.5. The molecule has 1 heterocycles. The van der Waals surface area contributed by atoms with Gasteiger partial charge in [-0.2, -0.15) is 5.10 Å². The van der Waals surface area contributed by atoms with Crippen molar-refractivity contribution >= 4 is 0 Å². The number of nitrogens with zero attached hydrogens (tertiary/aromatic N) is 2. The van der Waals surface area contributed by atoms with Crippen LogP contribution in [0.4, 0.5) is 13.2 Å². The van der Waals surface area contributed by atoms with Crippen LogP contribution in [-0.2, 0) is 13.6 Å². The highest BCUT2D eigenvalue weighted by Crippen LogP contribution is 2.24. The predicted molar refractivity (Wildman–Crippen MR) is 81.1 cm³/mol. The van der Waals surface area contributed by atoms with Crippen molar-refractivity contribution in [2.24, 2.45) is 7.05 Å². The van der Waals surface area contributed by atoms with E-state index in [-0.39, 0.29) is 11.8 Å². The SMILES string of the molecule is Cc1nn(C)c(C)c1[C@@H](C)NCc1cccc(OC(F)(F)F)c1. The number of alkyl halides is 3. The molecular formula is C16H20F3N3O. The van der Waals surface area contributed by atoms with Crippen molar-refractivity contribution in [1.29, 1.82) is 0 Å². The molecule has 0 aliphatic carbocycles. The zero-order chi connectivity index (χ0) is 17.2. The summed E-state index contributed by atoms with van der Waals surface area (Å²) in [4.78, 5) is 0.